The summed E-state index contributed by atoms with van der Waals surface area (Å²) in [5.41, 5.74) is 0.223. The third-order valence-corrected chi connectivity index (χ3v) is 6.48. The van der Waals surface area contributed by atoms with Gasteiger partial charge < -0.3 is 14.5 Å². The number of pyridine rings is 1. The summed E-state index contributed by atoms with van der Waals surface area (Å²) in [6.45, 7) is 4.14. The van der Waals surface area contributed by atoms with Gasteiger partial charge in [0, 0.05) is 43.3 Å². The molecule has 11 heteroatoms. The van der Waals surface area contributed by atoms with Crippen molar-refractivity contribution in [3.8, 4) is 17.3 Å². The zero-order valence-corrected chi connectivity index (χ0v) is 19.8. The van der Waals surface area contributed by atoms with E-state index in [-0.39, 0.29) is 35.3 Å². The van der Waals surface area contributed by atoms with Crippen molar-refractivity contribution in [3.05, 3.63) is 65.6 Å². The van der Waals surface area contributed by atoms with Gasteiger partial charge in [-0.25, -0.2) is 13.2 Å². The van der Waals surface area contributed by atoms with Crippen LogP contribution in [0.3, 0.4) is 0 Å². The molecule has 0 aliphatic carbocycles. The normalized spacial score (nSPS) is 13.9. The lowest BCUT2D eigenvalue weighted by atomic mass is 10.0. The highest BCUT2D eigenvalue weighted by molar-refractivity contribution is 6.36. The predicted molar refractivity (Wildman–Crippen MR) is 131 cm³/mol. The molecule has 0 N–H and O–H groups in total. The van der Waals surface area contributed by atoms with Gasteiger partial charge >= 0.3 is 6.01 Å². The predicted octanol–water partition coefficient (Wildman–Crippen LogP) is 4.92. The summed E-state index contributed by atoms with van der Waals surface area (Å²) in [4.78, 5) is 28.0. The molecule has 0 radical (unpaired) electrons. The maximum atomic E-state index is 16.0. The number of anilines is 1. The first-order valence-corrected chi connectivity index (χ1v) is 11.3. The number of hydrogen-bond acceptors (Lipinski definition) is 6. The van der Waals surface area contributed by atoms with Gasteiger partial charge in [-0.1, -0.05) is 42.4 Å². The number of hydrogen-bond donors (Lipinski definition) is 0. The number of ether oxygens (including phenoxy) is 1. The van der Waals surface area contributed by atoms with Crippen LogP contribution >= 0.6 is 11.6 Å². The Labute approximate surface area is 208 Å². The summed E-state index contributed by atoms with van der Waals surface area (Å²) < 4.78 is 48.7. The van der Waals surface area contributed by atoms with E-state index in [0.29, 0.717) is 40.6 Å². The molecule has 36 heavy (non-hydrogen) atoms. The molecule has 4 aromatic rings. The first-order valence-electron chi connectivity index (χ1n) is 11.0. The van der Waals surface area contributed by atoms with Gasteiger partial charge in [0.1, 0.15) is 22.8 Å². The number of amides is 1. The van der Waals surface area contributed by atoms with Crippen LogP contribution in [-0.4, -0.2) is 59.0 Å². The number of piperazine rings is 1. The largest absolute Gasteiger partial charge is 0.467 e. The monoisotopic (exact) mass is 513 g/mol. The fourth-order valence-corrected chi connectivity index (χ4v) is 4.62. The summed E-state index contributed by atoms with van der Waals surface area (Å²) >= 11 is 6.25. The molecule has 1 aliphatic rings. The third kappa shape index (κ3) is 3.97. The van der Waals surface area contributed by atoms with E-state index in [1.807, 2.05) is 4.90 Å². The van der Waals surface area contributed by atoms with Gasteiger partial charge in [0.25, 0.3) is 5.91 Å². The summed E-state index contributed by atoms with van der Waals surface area (Å²) in [5, 5.41) is 1.16. The summed E-state index contributed by atoms with van der Waals surface area (Å²) in [5.74, 6) is -2.79. The molecule has 2 aromatic carbocycles. The molecule has 1 fully saturated rings. The Balaban J connectivity index is 1.62. The second kappa shape index (κ2) is 9.27. The first kappa shape index (κ1) is 23.8. The summed E-state index contributed by atoms with van der Waals surface area (Å²) in [6, 6.07) is 7.81. The van der Waals surface area contributed by atoms with E-state index in [9.17, 15) is 13.6 Å². The first-order chi connectivity index (χ1) is 17.3. The zero-order valence-electron chi connectivity index (χ0n) is 19.1. The van der Waals surface area contributed by atoms with E-state index < -0.39 is 23.4 Å². The molecule has 3 heterocycles. The van der Waals surface area contributed by atoms with Crippen LogP contribution in [0.5, 0.6) is 6.01 Å². The lowest BCUT2D eigenvalue weighted by Crippen LogP contribution is -2.49. The van der Waals surface area contributed by atoms with Crippen molar-refractivity contribution in [3.63, 3.8) is 0 Å². The SMILES string of the molecule is C=C(F)C(=O)N1CCN(c2nc(OC)nc3c(F)c(-c4cccc5ccc(F)c(Cl)c45)ncc23)CC1. The molecule has 2 aromatic heterocycles. The van der Waals surface area contributed by atoms with E-state index in [0.717, 1.165) is 0 Å². The highest BCUT2D eigenvalue weighted by Crippen LogP contribution is 2.38. The lowest BCUT2D eigenvalue weighted by molar-refractivity contribution is -0.128. The average molecular weight is 514 g/mol. The quantitative estimate of drug-likeness (QED) is 0.361. The molecule has 7 nitrogen and oxygen atoms in total. The highest BCUT2D eigenvalue weighted by Gasteiger charge is 2.27. The lowest BCUT2D eigenvalue weighted by Gasteiger charge is -2.35. The Hall–Kier alpha value is -3.92. The van der Waals surface area contributed by atoms with Gasteiger partial charge in [-0.2, -0.15) is 9.97 Å². The maximum absolute atomic E-state index is 16.0. The molecule has 0 atom stereocenters. The smallest absolute Gasteiger partial charge is 0.318 e. The highest BCUT2D eigenvalue weighted by atomic mass is 35.5. The van der Waals surface area contributed by atoms with Crippen molar-refractivity contribution in [2.45, 2.75) is 0 Å². The Morgan fingerprint density at radius 3 is 2.56 bits per heavy atom. The van der Waals surface area contributed by atoms with Crippen molar-refractivity contribution in [1.29, 1.82) is 0 Å². The van der Waals surface area contributed by atoms with Crippen molar-refractivity contribution >= 4 is 45.0 Å². The van der Waals surface area contributed by atoms with Gasteiger partial charge in [0.05, 0.1) is 17.5 Å². The maximum Gasteiger partial charge on any atom is 0.318 e. The minimum Gasteiger partial charge on any atom is -0.467 e. The van der Waals surface area contributed by atoms with Gasteiger partial charge in [-0.05, 0) is 11.5 Å². The fraction of sp³-hybridized carbons (Fsp3) is 0.200. The van der Waals surface area contributed by atoms with Crippen molar-refractivity contribution in [2.24, 2.45) is 0 Å². The van der Waals surface area contributed by atoms with E-state index in [1.54, 1.807) is 24.3 Å². The van der Waals surface area contributed by atoms with Gasteiger partial charge in [-0.15, -0.1) is 0 Å². The second-order valence-corrected chi connectivity index (χ2v) is 8.54. The van der Waals surface area contributed by atoms with E-state index >= 15 is 4.39 Å². The summed E-state index contributed by atoms with van der Waals surface area (Å²) in [6.07, 6.45) is 1.44. The molecule has 0 unspecified atom stereocenters. The Bertz CT molecular complexity index is 1540. The number of carbonyl (C=O) groups excluding carboxylic acids is 1. The molecular weight excluding hydrogens is 495 g/mol. The van der Waals surface area contributed by atoms with Crippen molar-refractivity contribution in [2.75, 3.05) is 38.2 Å². The molecule has 1 saturated heterocycles. The number of halogens is 4. The van der Waals surface area contributed by atoms with Crippen LogP contribution in [0.2, 0.25) is 5.02 Å². The Morgan fingerprint density at radius 1 is 1.11 bits per heavy atom. The van der Waals surface area contributed by atoms with Gasteiger partial charge in [0.2, 0.25) is 0 Å². The van der Waals surface area contributed by atoms with Crippen molar-refractivity contribution < 1.29 is 22.7 Å². The van der Waals surface area contributed by atoms with E-state index in [2.05, 4.69) is 21.5 Å². The number of benzene rings is 2. The number of carbonyl (C=O) groups is 1. The van der Waals surface area contributed by atoms with Gasteiger partial charge in [-0.3, -0.25) is 9.78 Å². The number of methoxy groups -OCH3 is 1. The number of aromatic nitrogens is 3. The summed E-state index contributed by atoms with van der Waals surface area (Å²) in [7, 11) is 1.36. The molecule has 1 aliphatic heterocycles. The molecule has 0 bridgehead atoms. The van der Waals surface area contributed by atoms with Crippen LogP contribution in [0.15, 0.2) is 48.9 Å². The molecule has 0 saturated carbocycles. The van der Waals surface area contributed by atoms with Crippen molar-refractivity contribution in [1.82, 2.24) is 19.9 Å². The Morgan fingerprint density at radius 2 is 1.86 bits per heavy atom. The number of rotatable bonds is 4. The van der Waals surface area contributed by atoms with E-state index in [4.69, 9.17) is 16.3 Å². The third-order valence-electron chi connectivity index (χ3n) is 6.11. The van der Waals surface area contributed by atoms with Crippen LogP contribution in [0.4, 0.5) is 19.0 Å². The molecule has 1 amide bonds. The molecule has 184 valence electrons. The van der Waals surface area contributed by atoms with E-state index in [1.165, 1.54) is 24.3 Å². The van der Waals surface area contributed by atoms with Crippen LogP contribution in [0.25, 0.3) is 32.9 Å². The van der Waals surface area contributed by atoms with Crippen LogP contribution in [0, 0.1) is 11.6 Å². The average Bonchev–Trinajstić information content (AvgIpc) is 2.90. The zero-order chi connectivity index (χ0) is 25.6. The standard InChI is InChI=1S/C25H19ClF3N5O2/c1-13(27)24(35)34-10-8-33(9-11-34)23-16-12-30-21(20(29)22(16)31-25(32-23)36-2)15-5-3-4-14-6-7-17(28)19(26)18(14)15/h3-7,12H,1,8-11H2,2H3. The molecule has 5 rings (SSSR count). The molecule has 0 spiro atoms. The van der Waals surface area contributed by atoms with Crippen LogP contribution in [-0.2, 0) is 4.79 Å². The Kier molecular flexibility index (Phi) is 6.13. The topological polar surface area (TPSA) is 71.5 Å². The molecular formula is C25H19ClF3N5O2. The van der Waals surface area contributed by atoms with Gasteiger partial charge in [0.15, 0.2) is 11.6 Å². The number of fused-ring (bicyclic) bond motifs is 2. The number of nitrogens with zero attached hydrogens (tertiary/aromatic N) is 5. The minimum absolute atomic E-state index is 0.0398. The van der Waals surface area contributed by atoms with Crippen LogP contribution in [0.1, 0.15) is 0 Å². The second-order valence-electron chi connectivity index (χ2n) is 8.17. The fourth-order valence-electron chi connectivity index (χ4n) is 4.34. The minimum atomic E-state index is -1.02. The van der Waals surface area contributed by atoms with Crippen LogP contribution < -0.4 is 9.64 Å².